The lowest BCUT2D eigenvalue weighted by atomic mass is 9.84. The number of carbonyl (C=O) groups excluding carboxylic acids is 2. The minimum atomic E-state index is -0.659. The van der Waals surface area contributed by atoms with Crippen LogP contribution in [0.4, 0.5) is 10.5 Å². The number of hydrogen-bond acceptors (Lipinski definition) is 6. The molecule has 29 heavy (non-hydrogen) atoms. The fourth-order valence-electron chi connectivity index (χ4n) is 3.33. The van der Waals surface area contributed by atoms with Gasteiger partial charge in [-0.2, -0.15) is 0 Å². The van der Waals surface area contributed by atoms with Crippen molar-refractivity contribution in [2.75, 3.05) is 12.0 Å². The molecule has 150 valence electrons. The molecule has 0 N–H and O–H groups in total. The Morgan fingerprint density at radius 1 is 1.21 bits per heavy atom. The van der Waals surface area contributed by atoms with Crippen LogP contribution in [0.15, 0.2) is 42.5 Å². The van der Waals surface area contributed by atoms with Crippen LogP contribution < -0.4 is 9.64 Å². The van der Waals surface area contributed by atoms with Gasteiger partial charge < -0.3 is 9.47 Å². The molecule has 0 aliphatic heterocycles. The number of imide groups is 1. The highest BCUT2D eigenvalue weighted by Crippen LogP contribution is 2.33. The fourth-order valence-corrected chi connectivity index (χ4v) is 4.21. The predicted octanol–water partition coefficient (Wildman–Crippen LogP) is 5.08. The van der Waals surface area contributed by atoms with Crippen molar-refractivity contribution >= 4 is 39.2 Å². The van der Waals surface area contributed by atoms with E-state index in [-0.39, 0.29) is 11.8 Å². The first kappa shape index (κ1) is 19.4. The number of aryl methyl sites for hydroxylation is 1. The summed E-state index contributed by atoms with van der Waals surface area (Å²) in [5.74, 6) is 0.351. The Hall–Kier alpha value is -2.93. The van der Waals surface area contributed by atoms with E-state index in [1.54, 1.807) is 23.5 Å². The second-order valence-electron chi connectivity index (χ2n) is 7.08. The summed E-state index contributed by atoms with van der Waals surface area (Å²) in [6.45, 7) is 2.21. The summed E-state index contributed by atoms with van der Waals surface area (Å²) in [7, 11) is 1.29. The van der Waals surface area contributed by atoms with Crippen LogP contribution in [-0.2, 0) is 16.1 Å². The third kappa shape index (κ3) is 3.96. The molecular formula is C22H22N2O4S. The Balaban J connectivity index is 1.51. The highest BCUT2D eigenvalue weighted by molar-refractivity contribution is 7.18. The number of para-hydroxylation sites is 1. The number of ether oxygens (including phenoxy) is 2. The zero-order valence-electron chi connectivity index (χ0n) is 16.4. The Bertz CT molecular complexity index is 1020. The van der Waals surface area contributed by atoms with Gasteiger partial charge in [0.05, 0.1) is 23.0 Å². The molecule has 4 rings (SSSR count). The number of hydrogen-bond donors (Lipinski definition) is 0. The molecule has 2 amide bonds. The maximum atomic E-state index is 12.7. The van der Waals surface area contributed by atoms with Crippen LogP contribution in [0.25, 0.3) is 10.2 Å². The number of thiazole rings is 1. The monoisotopic (exact) mass is 410 g/mol. The largest absolute Gasteiger partial charge is 0.486 e. The van der Waals surface area contributed by atoms with Gasteiger partial charge in [0.15, 0.2) is 0 Å². The van der Waals surface area contributed by atoms with Crippen LogP contribution in [-0.4, -0.2) is 24.1 Å². The van der Waals surface area contributed by atoms with Gasteiger partial charge in [0.25, 0.3) is 0 Å². The topological polar surface area (TPSA) is 68.7 Å². The van der Waals surface area contributed by atoms with Gasteiger partial charge in [-0.3, -0.25) is 4.79 Å². The third-order valence-corrected chi connectivity index (χ3v) is 6.15. The van der Waals surface area contributed by atoms with Crippen LogP contribution in [0.1, 0.15) is 29.8 Å². The van der Waals surface area contributed by atoms with E-state index in [0.29, 0.717) is 18.0 Å². The molecule has 1 fully saturated rings. The van der Waals surface area contributed by atoms with Gasteiger partial charge in [0.2, 0.25) is 5.91 Å². The molecule has 0 bridgehead atoms. The van der Waals surface area contributed by atoms with Gasteiger partial charge in [-0.1, -0.05) is 18.6 Å². The Morgan fingerprint density at radius 2 is 2.00 bits per heavy atom. The van der Waals surface area contributed by atoms with E-state index in [0.717, 1.165) is 45.0 Å². The summed E-state index contributed by atoms with van der Waals surface area (Å²) >= 11 is 1.60. The number of rotatable bonds is 5. The lowest BCUT2D eigenvalue weighted by molar-refractivity contribution is -0.124. The standard InChI is InChI=1S/C22H22N2O4S/c1-14-12-16(28-13-20-23-17-8-3-4-9-19(17)29-20)10-11-18(14)24(22(26)27-2)21(25)15-6-5-7-15/h3-4,8-12,15H,5-7,13H2,1-2H3. The van der Waals surface area contributed by atoms with Crippen molar-refractivity contribution in [3.05, 3.63) is 53.0 Å². The fraction of sp³-hybridized carbons (Fsp3) is 0.318. The number of anilines is 1. The number of nitrogens with zero attached hydrogens (tertiary/aromatic N) is 2. The van der Waals surface area contributed by atoms with E-state index >= 15 is 0 Å². The number of fused-ring (bicyclic) bond motifs is 1. The molecule has 0 unspecified atom stereocenters. The summed E-state index contributed by atoms with van der Waals surface area (Å²) < 4.78 is 11.9. The third-order valence-electron chi connectivity index (χ3n) is 5.14. The minimum Gasteiger partial charge on any atom is -0.486 e. The van der Waals surface area contributed by atoms with Gasteiger partial charge in [-0.25, -0.2) is 14.7 Å². The molecule has 0 radical (unpaired) electrons. The Kier molecular flexibility index (Phi) is 5.49. The minimum absolute atomic E-state index is 0.108. The number of benzene rings is 2. The summed E-state index contributed by atoms with van der Waals surface area (Å²) in [5.41, 5.74) is 2.26. The molecule has 6 nitrogen and oxygen atoms in total. The Labute approximate surface area is 173 Å². The quantitative estimate of drug-likeness (QED) is 0.586. The zero-order valence-corrected chi connectivity index (χ0v) is 17.2. The lowest BCUT2D eigenvalue weighted by Gasteiger charge is -2.30. The van der Waals surface area contributed by atoms with E-state index in [4.69, 9.17) is 9.47 Å². The average Bonchev–Trinajstić information content (AvgIpc) is 3.09. The zero-order chi connectivity index (χ0) is 20.4. The van der Waals surface area contributed by atoms with Gasteiger partial charge >= 0.3 is 6.09 Å². The smallest absolute Gasteiger partial charge is 0.420 e. The second kappa shape index (κ2) is 8.21. The molecule has 1 aromatic heterocycles. The van der Waals surface area contributed by atoms with Gasteiger partial charge in [0, 0.05) is 5.92 Å². The molecule has 1 aliphatic carbocycles. The van der Waals surface area contributed by atoms with Crippen molar-refractivity contribution in [2.24, 2.45) is 5.92 Å². The van der Waals surface area contributed by atoms with Gasteiger partial charge in [-0.05, 0) is 55.7 Å². The summed E-state index contributed by atoms with van der Waals surface area (Å²) in [4.78, 5) is 30.7. The van der Waals surface area contributed by atoms with Crippen LogP contribution >= 0.6 is 11.3 Å². The number of amides is 2. The van der Waals surface area contributed by atoms with Crippen LogP contribution in [0.3, 0.4) is 0 Å². The summed E-state index contributed by atoms with van der Waals surface area (Å²) in [6.07, 6.45) is 1.99. The van der Waals surface area contributed by atoms with Crippen molar-refractivity contribution in [2.45, 2.75) is 32.8 Å². The number of carbonyl (C=O) groups is 2. The van der Waals surface area contributed by atoms with Crippen molar-refractivity contribution in [1.82, 2.24) is 4.98 Å². The molecule has 0 saturated heterocycles. The maximum Gasteiger partial charge on any atom is 0.420 e. The summed E-state index contributed by atoms with van der Waals surface area (Å²) in [5, 5.41) is 0.893. The van der Waals surface area contributed by atoms with Crippen molar-refractivity contribution in [1.29, 1.82) is 0 Å². The molecule has 3 aromatic rings. The van der Waals surface area contributed by atoms with Gasteiger partial charge in [-0.15, -0.1) is 11.3 Å². The van der Waals surface area contributed by atoms with Crippen LogP contribution in [0, 0.1) is 12.8 Å². The molecule has 0 spiro atoms. The van der Waals surface area contributed by atoms with Gasteiger partial charge in [0.1, 0.15) is 17.4 Å². The number of aromatic nitrogens is 1. The lowest BCUT2D eigenvalue weighted by Crippen LogP contribution is -2.43. The van der Waals surface area contributed by atoms with E-state index in [1.165, 1.54) is 7.11 Å². The summed E-state index contributed by atoms with van der Waals surface area (Å²) in [6, 6.07) is 13.3. The molecule has 1 heterocycles. The molecule has 1 aliphatic rings. The molecule has 0 atom stereocenters. The maximum absolute atomic E-state index is 12.7. The van der Waals surface area contributed by atoms with Crippen molar-refractivity contribution in [3.8, 4) is 5.75 Å². The highest BCUT2D eigenvalue weighted by atomic mass is 32.1. The number of methoxy groups -OCH3 is 1. The Morgan fingerprint density at radius 3 is 2.66 bits per heavy atom. The predicted molar refractivity (Wildman–Crippen MR) is 112 cm³/mol. The normalized spacial score (nSPS) is 13.7. The van der Waals surface area contributed by atoms with E-state index < -0.39 is 6.09 Å². The van der Waals surface area contributed by atoms with Crippen LogP contribution in [0.5, 0.6) is 5.75 Å². The van der Waals surface area contributed by atoms with Crippen molar-refractivity contribution in [3.63, 3.8) is 0 Å². The van der Waals surface area contributed by atoms with E-state index in [2.05, 4.69) is 4.98 Å². The first-order valence-electron chi connectivity index (χ1n) is 9.56. The van der Waals surface area contributed by atoms with Crippen molar-refractivity contribution < 1.29 is 19.1 Å². The molecular weight excluding hydrogens is 388 g/mol. The average molecular weight is 410 g/mol. The second-order valence-corrected chi connectivity index (χ2v) is 8.20. The van der Waals surface area contributed by atoms with E-state index in [9.17, 15) is 9.59 Å². The van der Waals surface area contributed by atoms with E-state index in [1.807, 2.05) is 37.3 Å². The molecule has 1 saturated carbocycles. The first-order valence-corrected chi connectivity index (χ1v) is 10.4. The molecule has 7 heteroatoms. The molecule has 2 aromatic carbocycles. The SMILES string of the molecule is COC(=O)N(C(=O)C1CCC1)c1ccc(OCc2nc3ccccc3s2)cc1C. The van der Waals surface area contributed by atoms with Crippen LogP contribution in [0.2, 0.25) is 0 Å². The first-order chi connectivity index (χ1) is 14.1. The highest BCUT2D eigenvalue weighted by Gasteiger charge is 2.35.